The Kier molecular flexibility index (Phi) is 3.53. The van der Waals surface area contributed by atoms with Crippen LogP contribution >= 0.6 is 11.8 Å². The Morgan fingerprint density at radius 3 is 2.85 bits per heavy atom. The van der Waals surface area contributed by atoms with Gasteiger partial charge in [0.15, 0.2) is 0 Å². The largest absolute Gasteiger partial charge is 0.469 e. The van der Waals surface area contributed by atoms with Crippen LogP contribution in [-0.4, -0.2) is 30.5 Å². The molecule has 0 N–H and O–H groups in total. The third kappa shape index (κ3) is 2.56. The SMILES string of the molecule is COC(=O)C1CCSCCC1(F)F. The minimum absolute atomic E-state index is 0.213. The van der Waals surface area contributed by atoms with Crippen LogP contribution in [0.4, 0.5) is 8.78 Å². The van der Waals surface area contributed by atoms with E-state index in [9.17, 15) is 13.6 Å². The average Bonchev–Trinajstić information content (AvgIpc) is 2.25. The normalized spacial score (nSPS) is 27.8. The van der Waals surface area contributed by atoms with Gasteiger partial charge in [-0.15, -0.1) is 0 Å². The van der Waals surface area contributed by atoms with Crippen molar-refractivity contribution >= 4 is 17.7 Å². The Hall–Kier alpha value is -0.320. The van der Waals surface area contributed by atoms with Crippen LogP contribution in [-0.2, 0) is 9.53 Å². The molecule has 1 aliphatic rings. The molecule has 0 saturated carbocycles. The summed E-state index contributed by atoms with van der Waals surface area (Å²) in [7, 11) is 1.15. The third-order valence-corrected chi connectivity index (χ3v) is 3.14. The zero-order chi connectivity index (χ0) is 9.90. The molecule has 0 aliphatic carbocycles. The monoisotopic (exact) mass is 210 g/mol. The summed E-state index contributed by atoms with van der Waals surface area (Å²) in [6.45, 7) is 0. The molecule has 1 aliphatic heterocycles. The molecule has 0 radical (unpaired) electrons. The second-order valence-electron chi connectivity index (χ2n) is 2.99. The van der Waals surface area contributed by atoms with Crippen molar-refractivity contribution in [1.82, 2.24) is 0 Å². The topological polar surface area (TPSA) is 26.3 Å². The van der Waals surface area contributed by atoms with Gasteiger partial charge in [0, 0.05) is 6.42 Å². The van der Waals surface area contributed by atoms with E-state index in [0.29, 0.717) is 11.5 Å². The Morgan fingerprint density at radius 1 is 1.54 bits per heavy atom. The van der Waals surface area contributed by atoms with Gasteiger partial charge in [0.25, 0.3) is 5.92 Å². The van der Waals surface area contributed by atoms with Gasteiger partial charge in [-0.1, -0.05) is 0 Å². The molecular formula is C8H12F2O2S. The molecule has 2 nitrogen and oxygen atoms in total. The quantitative estimate of drug-likeness (QED) is 0.619. The fourth-order valence-corrected chi connectivity index (χ4v) is 2.35. The van der Waals surface area contributed by atoms with Gasteiger partial charge in [-0.2, -0.15) is 11.8 Å². The Morgan fingerprint density at radius 2 is 2.23 bits per heavy atom. The number of alkyl halides is 2. The van der Waals surface area contributed by atoms with Gasteiger partial charge in [-0.25, -0.2) is 8.78 Å². The zero-order valence-electron chi connectivity index (χ0n) is 7.39. The second kappa shape index (κ2) is 4.26. The fourth-order valence-electron chi connectivity index (χ4n) is 1.33. The zero-order valence-corrected chi connectivity index (χ0v) is 8.20. The van der Waals surface area contributed by atoms with Gasteiger partial charge in [0.2, 0.25) is 0 Å². The van der Waals surface area contributed by atoms with Gasteiger partial charge in [-0.05, 0) is 17.9 Å². The minimum atomic E-state index is -2.89. The van der Waals surface area contributed by atoms with Crippen molar-refractivity contribution in [3.63, 3.8) is 0 Å². The number of methoxy groups -OCH3 is 1. The summed E-state index contributed by atoms with van der Waals surface area (Å²) >= 11 is 1.46. The van der Waals surface area contributed by atoms with Crippen molar-refractivity contribution in [2.45, 2.75) is 18.8 Å². The molecule has 0 aromatic heterocycles. The molecule has 1 saturated heterocycles. The Bertz CT molecular complexity index is 197. The molecular weight excluding hydrogens is 198 g/mol. The lowest BCUT2D eigenvalue weighted by Crippen LogP contribution is -2.35. The molecule has 1 unspecified atom stereocenters. The van der Waals surface area contributed by atoms with Crippen molar-refractivity contribution in [1.29, 1.82) is 0 Å². The Balaban J connectivity index is 2.71. The van der Waals surface area contributed by atoms with Crippen LogP contribution in [0.3, 0.4) is 0 Å². The first-order chi connectivity index (χ1) is 6.08. The number of hydrogen-bond acceptors (Lipinski definition) is 3. The van der Waals surface area contributed by atoms with E-state index in [1.165, 1.54) is 11.8 Å². The van der Waals surface area contributed by atoms with Crippen molar-refractivity contribution < 1.29 is 18.3 Å². The van der Waals surface area contributed by atoms with Crippen LogP contribution in [0.15, 0.2) is 0 Å². The number of thioether (sulfide) groups is 1. The summed E-state index contributed by atoms with van der Waals surface area (Å²) in [5, 5.41) is 0. The second-order valence-corrected chi connectivity index (χ2v) is 4.21. The first-order valence-corrected chi connectivity index (χ1v) is 5.27. The van der Waals surface area contributed by atoms with E-state index in [2.05, 4.69) is 4.74 Å². The van der Waals surface area contributed by atoms with E-state index >= 15 is 0 Å². The predicted octanol–water partition coefficient (Wildman–Crippen LogP) is 1.94. The highest BCUT2D eigenvalue weighted by Gasteiger charge is 2.45. The van der Waals surface area contributed by atoms with E-state index in [1.807, 2.05) is 0 Å². The van der Waals surface area contributed by atoms with Crippen LogP contribution in [0.2, 0.25) is 0 Å². The first kappa shape index (κ1) is 10.8. The first-order valence-electron chi connectivity index (χ1n) is 4.11. The predicted molar refractivity (Wildman–Crippen MR) is 47.0 cm³/mol. The molecule has 0 amide bonds. The minimum Gasteiger partial charge on any atom is -0.469 e. The maximum absolute atomic E-state index is 13.3. The molecule has 13 heavy (non-hydrogen) atoms. The van der Waals surface area contributed by atoms with E-state index in [0.717, 1.165) is 7.11 Å². The summed E-state index contributed by atoms with van der Waals surface area (Å²) in [5.74, 6) is -3.90. The number of rotatable bonds is 1. The molecule has 1 rings (SSSR count). The van der Waals surface area contributed by atoms with E-state index in [1.54, 1.807) is 0 Å². The maximum Gasteiger partial charge on any atom is 0.314 e. The van der Waals surface area contributed by atoms with Crippen LogP contribution in [0.5, 0.6) is 0 Å². The lowest BCUT2D eigenvalue weighted by atomic mass is 9.97. The van der Waals surface area contributed by atoms with Gasteiger partial charge >= 0.3 is 5.97 Å². The Labute approximate surface area is 80.0 Å². The standard InChI is InChI=1S/C8H12F2O2S/c1-12-7(11)6-2-4-13-5-3-8(6,9)10/h6H,2-5H2,1H3. The van der Waals surface area contributed by atoms with E-state index in [4.69, 9.17) is 0 Å². The van der Waals surface area contributed by atoms with Gasteiger partial charge in [0.1, 0.15) is 5.92 Å². The molecule has 5 heteroatoms. The summed E-state index contributed by atoms with van der Waals surface area (Å²) in [6.07, 6.45) is -0.0121. The van der Waals surface area contributed by atoms with Crippen molar-refractivity contribution in [3.05, 3.63) is 0 Å². The molecule has 0 aromatic carbocycles. The summed E-state index contributed by atoms with van der Waals surface area (Å²) in [4.78, 5) is 11.0. The van der Waals surface area contributed by atoms with Gasteiger partial charge in [0.05, 0.1) is 7.11 Å². The lowest BCUT2D eigenvalue weighted by molar-refractivity contribution is -0.160. The fraction of sp³-hybridized carbons (Fsp3) is 0.875. The molecule has 76 valence electrons. The number of carbonyl (C=O) groups excluding carboxylic acids is 1. The van der Waals surface area contributed by atoms with Crippen LogP contribution in [0, 0.1) is 5.92 Å². The summed E-state index contributed by atoms with van der Waals surface area (Å²) in [6, 6.07) is 0. The molecule has 0 spiro atoms. The molecule has 0 aromatic rings. The number of esters is 1. The van der Waals surface area contributed by atoms with E-state index < -0.39 is 17.8 Å². The van der Waals surface area contributed by atoms with Crippen molar-refractivity contribution in [3.8, 4) is 0 Å². The molecule has 1 heterocycles. The molecule has 1 atom stereocenters. The highest BCUT2D eigenvalue weighted by atomic mass is 32.2. The van der Waals surface area contributed by atoms with Crippen LogP contribution in [0.25, 0.3) is 0 Å². The summed E-state index contributed by atoms with van der Waals surface area (Å²) in [5.41, 5.74) is 0. The lowest BCUT2D eigenvalue weighted by Gasteiger charge is -2.21. The van der Waals surface area contributed by atoms with E-state index in [-0.39, 0.29) is 12.8 Å². The molecule has 1 fully saturated rings. The number of ether oxygens (including phenoxy) is 1. The third-order valence-electron chi connectivity index (χ3n) is 2.13. The van der Waals surface area contributed by atoms with Gasteiger partial charge < -0.3 is 4.74 Å². The highest BCUT2D eigenvalue weighted by Crippen LogP contribution is 2.36. The maximum atomic E-state index is 13.3. The van der Waals surface area contributed by atoms with Crippen LogP contribution in [0.1, 0.15) is 12.8 Å². The number of halogens is 2. The highest BCUT2D eigenvalue weighted by molar-refractivity contribution is 7.99. The van der Waals surface area contributed by atoms with Crippen molar-refractivity contribution in [2.24, 2.45) is 5.92 Å². The van der Waals surface area contributed by atoms with Crippen LogP contribution < -0.4 is 0 Å². The van der Waals surface area contributed by atoms with Gasteiger partial charge in [-0.3, -0.25) is 4.79 Å². The molecule has 0 bridgehead atoms. The number of hydrogen-bond donors (Lipinski definition) is 0. The smallest absolute Gasteiger partial charge is 0.314 e. The number of carbonyl (C=O) groups is 1. The summed E-state index contributed by atoms with van der Waals surface area (Å²) < 4.78 is 30.9. The average molecular weight is 210 g/mol. The van der Waals surface area contributed by atoms with Crippen molar-refractivity contribution in [2.75, 3.05) is 18.6 Å².